The lowest BCUT2D eigenvalue weighted by atomic mass is 10.00. The van der Waals surface area contributed by atoms with Gasteiger partial charge in [-0.05, 0) is 35.4 Å². The van der Waals surface area contributed by atoms with Crippen molar-refractivity contribution in [2.45, 2.75) is 13.0 Å². The van der Waals surface area contributed by atoms with E-state index < -0.39 is 29.1 Å². The molecule has 0 saturated carbocycles. The van der Waals surface area contributed by atoms with E-state index in [9.17, 15) is 19.7 Å². The highest BCUT2D eigenvalue weighted by atomic mass is 35.5. The van der Waals surface area contributed by atoms with E-state index in [-0.39, 0.29) is 16.6 Å². The number of nitrogens with zero attached hydrogens (tertiary/aromatic N) is 1. The van der Waals surface area contributed by atoms with Crippen molar-refractivity contribution in [3.63, 3.8) is 0 Å². The molecule has 1 atom stereocenters. The number of nitro benzene ring substituents is 1. The number of hydrogen-bond acceptors (Lipinski definition) is 5. The summed E-state index contributed by atoms with van der Waals surface area (Å²) in [5.74, 6) is -1.52. The molecule has 3 aromatic carbocycles. The number of esters is 1. The first-order valence-electron chi connectivity index (χ1n) is 8.75. The molecule has 0 saturated heterocycles. The number of rotatable bonds is 6. The number of amides is 1. The molecule has 0 unspecified atom stereocenters. The fourth-order valence-electron chi connectivity index (χ4n) is 3.03. The summed E-state index contributed by atoms with van der Waals surface area (Å²) in [6, 6.07) is 16.8. The van der Waals surface area contributed by atoms with Crippen molar-refractivity contribution in [3.05, 3.63) is 86.9 Å². The van der Waals surface area contributed by atoms with Gasteiger partial charge in [0.15, 0.2) is 6.61 Å². The average Bonchev–Trinajstić information content (AvgIpc) is 2.71. The van der Waals surface area contributed by atoms with Crippen molar-refractivity contribution < 1.29 is 19.2 Å². The minimum Gasteiger partial charge on any atom is -0.452 e. The van der Waals surface area contributed by atoms with Gasteiger partial charge in [0.25, 0.3) is 11.6 Å². The van der Waals surface area contributed by atoms with Gasteiger partial charge < -0.3 is 10.1 Å². The molecule has 0 fully saturated rings. The molecular weight excluding hydrogens is 396 g/mol. The maximum Gasteiger partial charge on any atom is 0.345 e. The molecule has 0 spiro atoms. The van der Waals surface area contributed by atoms with Gasteiger partial charge in [-0.2, -0.15) is 0 Å². The molecule has 0 aliphatic heterocycles. The predicted octanol–water partition coefficient (Wildman–Crippen LogP) is 4.44. The predicted molar refractivity (Wildman–Crippen MR) is 109 cm³/mol. The zero-order valence-electron chi connectivity index (χ0n) is 15.4. The van der Waals surface area contributed by atoms with Gasteiger partial charge in [-0.3, -0.25) is 14.9 Å². The quantitative estimate of drug-likeness (QED) is 0.366. The van der Waals surface area contributed by atoms with Gasteiger partial charge >= 0.3 is 5.97 Å². The zero-order valence-corrected chi connectivity index (χ0v) is 16.2. The fraction of sp³-hybridized carbons (Fsp3) is 0.143. The second kappa shape index (κ2) is 8.70. The topological polar surface area (TPSA) is 98.5 Å². The van der Waals surface area contributed by atoms with E-state index in [1.54, 1.807) is 0 Å². The van der Waals surface area contributed by atoms with Crippen LogP contribution in [0.3, 0.4) is 0 Å². The molecule has 0 heterocycles. The third-order valence-electron chi connectivity index (χ3n) is 4.38. The average molecular weight is 413 g/mol. The number of carbonyl (C=O) groups is 2. The standard InChI is InChI=1S/C21H17ClN2O5/c1-13(16-8-4-6-14-5-2-3-7-17(14)16)23-20(25)12-29-21(26)18-11-15(22)9-10-19(18)24(27)28/h2-11,13H,12H2,1H3,(H,23,25)/t13-/m1/s1. The Hall–Kier alpha value is -3.45. The molecule has 148 valence electrons. The molecule has 7 nitrogen and oxygen atoms in total. The van der Waals surface area contributed by atoms with E-state index in [1.807, 2.05) is 49.4 Å². The summed E-state index contributed by atoms with van der Waals surface area (Å²) in [5, 5.41) is 16.0. The zero-order chi connectivity index (χ0) is 21.0. The molecule has 0 bridgehead atoms. The van der Waals surface area contributed by atoms with Crippen LogP contribution in [-0.4, -0.2) is 23.4 Å². The summed E-state index contributed by atoms with van der Waals surface area (Å²) in [5.41, 5.74) is 0.176. The van der Waals surface area contributed by atoms with Crippen LogP contribution in [0.15, 0.2) is 60.7 Å². The molecule has 0 radical (unpaired) electrons. The van der Waals surface area contributed by atoms with E-state index in [0.717, 1.165) is 28.5 Å². The van der Waals surface area contributed by atoms with E-state index >= 15 is 0 Å². The normalized spacial score (nSPS) is 11.7. The first kappa shape index (κ1) is 20.3. The lowest BCUT2D eigenvalue weighted by Gasteiger charge is -2.16. The fourth-order valence-corrected chi connectivity index (χ4v) is 3.20. The third kappa shape index (κ3) is 4.70. The van der Waals surface area contributed by atoms with Crippen molar-refractivity contribution in [3.8, 4) is 0 Å². The number of carbonyl (C=O) groups excluding carboxylic acids is 2. The molecule has 3 aromatic rings. The number of nitrogens with one attached hydrogen (secondary N) is 1. The van der Waals surface area contributed by atoms with Crippen molar-refractivity contribution in [1.82, 2.24) is 5.32 Å². The van der Waals surface area contributed by atoms with Crippen LogP contribution in [0.4, 0.5) is 5.69 Å². The Labute approximate surface area is 171 Å². The third-order valence-corrected chi connectivity index (χ3v) is 4.61. The highest BCUT2D eigenvalue weighted by Crippen LogP contribution is 2.25. The van der Waals surface area contributed by atoms with Gasteiger partial charge in [0.1, 0.15) is 5.56 Å². The van der Waals surface area contributed by atoms with Gasteiger partial charge in [0.2, 0.25) is 0 Å². The van der Waals surface area contributed by atoms with Crippen molar-refractivity contribution in [2.24, 2.45) is 0 Å². The molecule has 0 aromatic heterocycles. The maximum atomic E-state index is 12.2. The molecule has 29 heavy (non-hydrogen) atoms. The number of benzene rings is 3. The van der Waals surface area contributed by atoms with Crippen LogP contribution in [0.5, 0.6) is 0 Å². The van der Waals surface area contributed by atoms with Crippen molar-refractivity contribution in [1.29, 1.82) is 0 Å². The smallest absolute Gasteiger partial charge is 0.345 e. The highest BCUT2D eigenvalue weighted by molar-refractivity contribution is 6.31. The minimum absolute atomic E-state index is 0.150. The molecule has 8 heteroatoms. The van der Waals surface area contributed by atoms with E-state index in [1.165, 1.54) is 6.07 Å². The second-order valence-electron chi connectivity index (χ2n) is 6.35. The molecular formula is C21H17ClN2O5. The maximum absolute atomic E-state index is 12.2. The molecule has 1 amide bonds. The van der Waals surface area contributed by atoms with Crippen LogP contribution in [0.1, 0.15) is 28.9 Å². The number of fused-ring (bicyclic) bond motifs is 1. The first-order valence-corrected chi connectivity index (χ1v) is 9.12. The van der Waals surface area contributed by atoms with E-state index in [4.69, 9.17) is 16.3 Å². The van der Waals surface area contributed by atoms with Gasteiger partial charge in [-0.15, -0.1) is 0 Å². The van der Waals surface area contributed by atoms with Gasteiger partial charge in [-0.25, -0.2) is 4.79 Å². The van der Waals surface area contributed by atoms with Crippen LogP contribution in [0.25, 0.3) is 10.8 Å². The summed E-state index contributed by atoms with van der Waals surface area (Å²) < 4.78 is 4.95. The largest absolute Gasteiger partial charge is 0.452 e. The Balaban J connectivity index is 1.66. The van der Waals surface area contributed by atoms with Crippen LogP contribution < -0.4 is 5.32 Å². The Bertz CT molecular complexity index is 1090. The Morgan fingerprint density at radius 1 is 1.14 bits per heavy atom. The lowest BCUT2D eigenvalue weighted by molar-refractivity contribution is -0.385. The van der Waals surface area contributed by atoms with Crippen LogP contribution in [-0.2, 0) is 9.53 Å². The van der Waals surface area contributed by atoms with Crippen molar-refractivity contribution >= 4 is 39.9 Å². The highest BCUT2D eigenvalue weighted by Gasteiger charge is 2.23. The molecule has 0 aliphatic carbocycles. The van der Waals surface area contributed by atoms with E-state index in [0.29, 0.717) is 0 Å². The van der Waals surface area contributed by atoms with Gasteiger partial charge in [-0.1, -0.05) is 54.1 Å². The summed E-state index contributed by atoms with van der Waals surface area (Å²) in [4.78, 5) is 34.8. The summed E-state index contributed by atoms with van der Waals surface area (Å²) in [6.45, 7) is 1.25. The Morgan fingerprint density at radius 2 is 1.86 bits per heavy atom. The van der Waals surface area contributed by atoms with Crippen molar-refractivity contribution in [2.75, 3.05) is 6.61 Å². The monoisotopic (exact) mass is 412 g/mol. The van der Waals surface area contributed by atoms with Crippen LogP contribution in [0.2, 0.25) is 5.02 Å². The van der Waals surface area contributed by atoms with Gasteiger partial charge in [0.05, 0.1) is 11.0 Å². The number of ether oxygens (including phenoxy) is 1. The second-order valence-corrected chi connectivity index (χ2v) is 6.79. The van der Waals surface area contributed by atoms with Gasteiger partial charge in [0, 0.05) is 11.1 Å². The first-order chi connectivity index (χ1) is 13.9. The summed E-state index contributed by atoms with van der Waals surface area (Å²) >= 11 is 5.80. The Kier molecular flexibility index (Phi) is 6.09. The Morgan fingerprint density at radius 3 is 2.62 bits per heavy atom. The van der Waals surface area contributed by atoms with Crippen LogP contribution >= 0.6 is 11.6 Å². The SMILES string of the molecule is C[C@@H](NC(=O)COC(=O)c1cc(Cl)ccc1[N+](=O)[O-])c1cccc2ccccc12. The lowest BCUT2D eigenvalue weighted by Crippen LogP contribution is -2.31. The van der Waals surface area contributed by atoms with E-state index in [2.05, 4.69) is 5.32 Å². The number of halogens is 1. The van der Waals surface area contributed by atoms with Crippen LogP contribution in [0, 0.1) is 10.1 Å². The minimum atomic E-state index is -0.993. The number of nitro groups is 1. The summed E-state index contributed by atoms with van der Waals surface area (Å²) in [6.07, 6.45) is 0. The molecule has 1 N–H and O–H groups in total. The number of hydrogen-bond donors (Lipinski definition) is 1. The summed E-state index contributed by atoms with van der Waals surface area (Å²) in [7, 11) is 0. The molecule has 0 aliphatic rings. The molecule has 3 rings (SSSR count).